The quantitative estimate of drug-likeness (QED) is 0.455. The van der Waals surface area contributed by atoms with Crippen molar-refractivity contribution in [2.75, 3.05) is 68.8 Å². The Balaban J connectivity index is 1.20. The van der Waals surface area contributed by atoms with Crippen LogP contribution in [0.4, 0.5) is 20.3 Å². The van der Waals surface area contributed by atoms with E-state index < -0.39 is 6.43 Å². The SMILES string of the molecule is C=CC(=O)N1CCN([C@@H]2CN3c4cc(N5CCC6(C=CCOC6)CC5)nc(C(F)F)c4CCC[C@@H]23)CC1. The molecular formula is C28H37F2N5O2. The molecule has 0 bridgehead atoms. The Morgan fingerprint density at radius 3 is 2.62 bits per heavy atom. The number of nitrogens with zero attached hydrogens (tertiary/aromatic N) is 5. The number of rotatable bonds is 4. The van der Waals surface area contributed by atoms with E-state index in [1.807, 2.05) is 4.90 Å². The number of anilines is 2. The third-order valence-electron chi connectivity index (χ3n) is 9.22. The van der Waals surface area contributed by atoms with Gasteiger partial charge in [0.25, 0.3) is 6.43 Å². The molecule has 3 fully saturated rings. The molecule has 1 aromatic heterocycles. The lowest BCUT2D eigenvalue weighted by atomic mass is 9.78. The summed E-state index contributed by atoms with van der Waals surface area (Å²) in [5.41, 5.74) is 1.73. The van der Waals surface area contributed by atoms with Crippen LogP contribution in [0.15, 0.2) is 30.9 Å². The number of piperidine rings is 1. The van der Waals surface area contributed by atoms with Crippen molar-refractivity contribution in [3.8, 4) is 0 Å². The van der Waals surface area contributed by atoms with Gasteiger partial charge in [0, 0.05) is 80.6 Å². The number of halogens is 2. The molecule has 5 aliphatic rings. The van der Waals surface area contributed by atoms with Gasteiger partial charge in [-0.3, -0.25) is 9.69 Å². The van der Waals surface area contributed by atoms with E-state index in [-0.39, 0.29) is 17.0 Å². The summed E-state index contributed by atoms with van der Waals surface area (Å²) in [5.74, 6) is 0.679. The van der Waals surface area contributed by atoms with E-state index in [1.54, 1.807) is 0 Å². The van der Waals surface area contributed by atoms with Gasteiger partial charge in [-0.15, -0.1) is 0 Å². The molecule has 0 saturated carbocycles. The summed E-state index contributed by atoms with van der Waals surface area (Å²) in [5, 5.41) is 0. The second-order valence-electron chi connectivity index (χ2n) is 11.2. The second-order valence-corrected chi connectivity index (χ2v) is 11.2. The van der Waals surface area contributed by atoms with E-state index in [0.717, 1.165) is 76.3 Å². The molecule has 0 radical (unpaired) electrons. The summed E-state index contributed by atoms with van der Waals surface area (Å²) < 4.78 is 34.3. The van der Waals surface area contributed by atoms with Crippen molar-refractivity contribution in [1.29, 1.82) is 0 Å². The zero-order chi connectivity index (χ0) is 25.6. The van der Waals surface area contributed by atoms with E-state index in [9.17, 15) is 13.6 Å². The molecule has 1 spiro atoms. The molecule has 9 heteroatoms. The molecule has 0 unspecified atom stereocenters. The van der Waals surface area contributed by atoms with Crippen LogP contribution in [0.1, 0.15) is 43.4 Å². The lowest BCUT2D eigenvalue weighted by Crippen LogP contribution is -2.69. The summed E-state index contributed by atoms with van der Waals surface area (Å²) in [6.45, 7) is 10.6. The van der Waals surface area contributed by atoms with Gasteiger partial charge in [-0.2, -0.15) is 0 Å². The first-order valence-electron chi connectivity index (χ1n) is 13.7. The van der Waals surface area contributed by atoms with Crippen LogP contribution in [-0.4, -0.2) is 91.8 Å². The number of ether oxygens (including phenoxy) is 1. The standard InChI is InChI=1S/C28H37F2N5O2/c1-2-25(36)34-14-12-32(13-15-34)23-18-35-21(23)6-3-5-20-22(35)17-24(31-26(20)27(29)30)33-10-8-28(9-11-33)7-4-16-37-19-28/h2,4,7,17,21,23,27H,1,3,5-6,8-16,18-19H2/t21-,23+/m0/s1. The molecule has 200 valence electrons. The maximum absolute atomic E-state index is 14.3. The van der Waals surface area contributed by atoms with Crippen molar-refractivity contribution in [3.63, 3.8) is 0 Å². The molecule has 0 aromatic carbocycles. The van der Waals surface area contributed by atoms with Crippen molar-refractivity contribution in [3.05, 3.63) is 42.1 Å². The highest BCUT2D eigenvalue weighted by atomic mass is 19.3. The van der Waals surface area contributed by atoms with Crippen LogP contribution < -0.4 is 9.80 Å². The monoisotopic (exact) mass is 513 g/mol. The van der Waals surface area contributed by atoms with Crippen LogP contribution >= 0.6 is 0 Å². The summed E-state index contributed by atoms with van der Waals surface area (Å²) in [7, 11) is 0. The van der Waals surface area contributed by atoms with Crippen LogP contribution in [0.2, 0.25) is 0 Å². The molecule has 5 aliphatic heterocycles. The fourth-order valence-electron chi connectivity index (χ4n) is 6.99. The van der Waals surface area contributed by atoms with E-state index in [0.29, 0.717) is 44.0 Å². The Labute approximate surface area is 217 Å². The molecule has 0 aliphatic carbocycles. The molecular weight excluding hydrogens is 476 g/mol. The zero-order valence-corrected chi connectivity index (χ0v) is 21.5. The highest BCUT2D eigenvalue weighted by Crippen LogP contribution is 2.44. The van der Waals surface area contributed by atoms with Gasteiger partial charge in [0.1, 0.15) is 11.5 Å². The number of pyridine rings is 1. The number of carbonyl (C=O) groups is 1. The lowest BCUT2D eigenvalue weighted by molar-refractivity contribution is -0.128. The Morgan fingerprint density at radius 2 is 1.95 bits per heavy atom. The molecule has 3 saturated heterocycles. The predicted molar refractivity (Wildman–Crippen MR) is 139 cm³/mol. The molecule has 2 atom stereocenters. The number of alkyl halides is 2. The average Bonchev–Trinajstić information content (AvgIpc) is 3.05. The highest BCUT2D eigenvalue weighted by Gasteiger charge is 2.46. The molecule has 1 amide bonds. The maximum atomic E-state index is 14.3. The van der Waals surface area contributed by atoms with Crippen LogP contribution in [0, 0.1) is 5.41 Å². The molecule has 6 rings (SSSR count). The minimum absolute atomic E-state index is 0.00601. The largest absolute Gasteiger partial charge is 0.376 e. The summed E-state index contributed by atoms with van der Waals surface area (Å²) in [6.07, 6.45) is 7.62. The van der Waals surface area contributed by atoms with Gasteiger partial charge >= 0.3 is 0 Å². The summed E-state index contributed by atoms with van der Waals surface area (Å²) in [4.78, 5) is 25.4. The Kier molecular flexibility index (Phi) is 6.69. The van der Waals surface area contributed by atoms with Gasteiger partial charge < -0.3 is 19.4 Å². The number of aromatic nitrogens is 1. The number of hydrogen-bond acceptors (Lipinski definition) is 6. The van der Waals surface area contributed by atoms with Gasteiger partial charge in [-0.1, -0.05) is 18.7 Å². The van der Waals surface area contributed by atoms with Crippen LogP contribution in [0.25, 0.3) is 0 Å². The fraction of sp³-hybridized carbons (Fsp3) is 0.643. The minimum Gasteiger partial charge on any atom is -0.376 e. The van der Waals surface area contributed by atoms with Crippen molar-refractivity contribution < 1.29 is 18.3 Å². The molecule has 1 aromatic rings. The van der Waals surface area contributed by atoms with E-state index in [4.69, 9.17) is 4.74 Å². The summed E-state index contributed by atoms with van der Waals surface area (Å²) >= 11 is 0. The predicted octanol–water partition coefficient (Wildman–Crippen LogP) is 3.42. The van der Waals surface area contributed by atoms with Gasteiger partial charge in [0.05, 0.1) is 13.2 Å². The average molecular weight is 514 g/mol. The Morgan fingerprint density at radius 1 is 1.16 bits per heavy atom. The van der Waals surface area contributed by atoms with E-state index in [1.165, 1.54) is 6.08 Å². The first kappa shape index (κ1) is 24.8. The molecule has 6 heterocycles. The number of piperazine rings is 1. The lowest BCUT2D eigenvalue weighted by Gasteiger charge is -2.55. The van der Waals surface area contributed by atoms with Crippen LogP contribution in [0.3, 0.4) is 0 Å². The molecule has 0 N–H and O–H groups in total. The minimum atomic E-state index is -2.58. The van der Waals surface area contributed by atoms with Crippen LogP contribution in [-0.2, 0) is 16.0 Å². The van der Waals surface area contributed by atoms with Crippen molar-refractivity contribution in [2.24, 2.45) is 5.41 Å². The van der Waals surface area contributed by atoms with Crippen molar-refractivity contribution in [2.45, 2.75) is 50.6 Å². The normalized spacial score (nSPS) is 27.5. The fourth-order valence-corrected chi connectivity index (χ4v) is 6.99. The maximum Gasteiger partial charge on any atom is 0.280 e. The Bertz CT molecular complexity index is 1060. The summed E-state index contributed by atoms with van der Waals surface area (Å²) in [6, 6.07) is 2.80. The number of carbonyl (C=O) groups excluding carboxylic acids is 1. The topological polar surface area (TPSA) is 52.2 Å². The van der Waals surface area contributed by atoms with E-state index in [2.05, 4.69) is 44.5 Å². The van der Waals surface area contributed by atoms with Crippen molar-refractivity contribution in [1.82, 2.24) is 14.8 Å². The van der Waals surface area contributed by atoms with Gasteiger partial charge in [-0.05, 0) is 38.2 Å². The van der Waals surface area contributed by atoms with Gasteiger partial charge in [0.2, 0.25) is 5.91 Å². The van der Waals surface area contributed by atoms with Crippen molar-refractivity contribution >= 4 is 17.4 Å². The van der Waals surface area contributed by atoms with Gasteiger partial charge in [0.15, 0.2) is 0 Å². The van der Waals surface area contributed by atoms with Gasteiger partial charge in [-0.25, -0.2) is 13.8 Å². The third kappa shape index (κ3) is 4.54. The number of hydrogen-bond donors (Lipinski definition) is 0. The third-order valence-corrected chi connectivity index (χ3v) is 9.22. The number of amides is 1. The smallest absolute Gasteiger partial charge is 0.280 e. The first-order chi connectivity index (χ1) is 18.0. The molecule has 7 nitrogen and oxygen atoms in total. The second kappa shape index (κ2) is 9.98. The zero-order valence-electron chi connectivity index (χ0n) is 21.5. The highest BCUT2D eigenvalue weighted by molar-refractivity contribution is 5.87. The Hall–Kier alpha value is -2.52. The van der Waals surface area contributed by atoms with Crippen LogP contribution in [0.5, 0.6) is 0 Å². The first-order valence-corrected chi connectivity index (χ1v) is 13.7. The number of fused-ring (bicyclic) bond motifs is 3. The van der Waals surface area contributed by atoms with E-state index >= 15 is 0 Å². The molecule has 37 heavy (non-hydrogen) atoms.